The van der Waals surface area contributed by atoms with Gasteiger partial charge in [0.15, 0.2) is 12.8 Å². The number of rotatable bonds is 1. The smallest absolute Gasteiger partial charge is 0.212 e. The Balaban J connectivity index is 2.71. The summed E-state index contributed by atoms with van der Waals surface area (Å²) in [5, 5.41) is 1.95. The van der Waals surface area contributed by atoms with Crippen LogP contribution in [0.15, 0.2) is 42.5 Å². The maximum Gasteiger partial charge on any atom is 0.469 e. The molecule has 0 atom stereocenters. The van der Waals surface area contributed by atoms with Crippen LogP contribution in [-0.2, 0) is 0 Å². The number of benzene rings is 2. The minimum atomic E-state index is -0.301. The summed E-state index contributed by atoms with van der Waals surface area (Å²) < 4.78 is 3.36. The Morgan fingerprint density at radius 1 is 1.07 bits per heavy atom. The lowest BCUT2D eigenvalue weighted by Crippen LogP contribution is -2.06. The average molecular weight is 202 g/mol. The van der Waals surface area contributed by atoms with Gasteiger partial charge in [0, 0.05) is 0 Å². The molecule has 14 heavy (non-hydrogen) atoms. The fourth-order valence-corrected chi connectivity index (χ4v) is 1.57. The topological polar surface area (TPSA) is 31.2 Å². The zero-order valence-corrected chi connectivity index (χ0v) is 8.24. The molecular formula is C11H8NOS+. The van der Waals surface area contributed by atoms with Crippen LogP contribution in [-0.4, -0.2) is 5.91 Å². The number of hydrogen-bond donors (Lipinski definition) is 1. The van der Waals surface area contributed by atoms with E-state index in [1.807, 2.05) is 36.4 Å². The number of hydrogen-bond acceptors (Lipinski definition) is 2. The maximum atomic E-state index is 11.4. The largest absolute Gasteiger partial charge is 0.469 e. The number of carbonyl (C=O) groups excluding carboxylic acids is 1. The zero-order chi connectivity index (χ0) is 9.97. The second-order valence-corrected chi connectivity index (χ2v) is 3.13. The van der Waals surface area contributed by atoms with Crippen molar-refractivity contribution in [1.82, 2.24) is 4.72 Å². The summed E-state index contributed by atoms with van der Waals surface area (Å²) in [4.78, 5) is 11.4. The highest BCUT2D eigenvalue weighted by atomic mass is 32.1. The monoisotopic (exact) mass is 202 g/mol. The molecule has 1 amide bonds. The van der Waals surface area contributed by atoms with Gasteiger partial charge in [0.25, 0.3) is 0 Å². The van der Waals surface area contributed by atoms with Gasteiger partial charge in [-0.25, -0.2) is 4.79 Å². The van der Waals surface area contributed by atoms with Gasteiger partial charge in [-0.3, -0.25) is 0 Å². The van der Waals surface area contributed by atoms with Gasteiger partial charge in [-0.05, 0) is 16.8 Å². The van der Waals surface area contributed by atoms with Gasteiger partial charge in [0.05, 0.1) is 5.56 Å². The van der Waals surface area contributed by atoms with Crippen LogP contribution in [0.2, 0.25) is 0 Å². The lowest BCUT2D eigenvalue weighted by atomic mass is 10.0. The molecule has 2 aromatic rings. The zero-order valence-electron chi connectivity index (χ0n) is 7.34. The average Bonchev–Trinajstić information content (AvgIpc) is 2.27. The van der Waals surface area contributed by atoms with Crippen LogP contribution in [0, 0.1) is 0 Å². The third-order valence-corrected chi connectivity index (χ3v) is 2.29. The summed E-state index contributed by atoms with van der Waals surface area (Å²) >= 11 is 3.63. The lowest BCUT2D eigenvalue weighted by Gasteiger charge is -1.97. The Bertz CT molecular complexity index is 476. The summed E-state index contributed by atoms with van der Waals surface area (Å²) in [5.41, 5.74) is 0.595. The van der Waals surface area contributed by atoms with Crippen LogP contribution in [0.25, 0.3) is 10.8 Å². The first kappa shape index (κ1) is 9.24. The van der Waals surface area contributed by atoms with Gasteiger partial charge in [-0.15, -0.1) is 0 Å². The Morgan fingerprint density at radius 3 is 2.57 bits per heavy atom. The molecule has 0 bridgehead atoms. The number of amides is 1. The van der Waals surface area contributed by atoms with Crippen molar-refractivity contribution < 1.29 is 4.79 Å². The third-order valence-electron chi connectivity index (χ3n) is 2.11. The van der Waals surface area contributed by atoms with Crippen molar-refractivity contribution in [2.45, 2.75) is 0 Å². The van der Waals surface area contributed by atoms with Crippen LogP contribution in [0.1, 0.15) is 10.4 Å². The fraction of sp³-hybridized carbons (Fsp3) is 0. The molecule has 0 fully saturated rings. The van der Waals surface area contributed by atoms with E-state index in [2.05, 4.69) is 17.5 Å². The second kappa shape index (κ2) is 3.82. The van der Waals surface area contributed by atoms with Gasteiger partial charge < -0.3 is 0 Å². The van der Waals surface area contributed by atoms with Gasteiger partial charge >= 0.3 is 5.91 Å². The van der Waals surface area contributed by atoms with Crippen molar-refractivity contribution in [1.29, 1.82) is 0 Å². The minimum Gasteiger partial charge on any atom is -0.212 e. The molecule has 3 heteroatoms. The Labute approximate surface area is 87.5 Å². The Kier molecular flexibility index (Phi) is 2.52. The van der Waals surface area contributed by atoms with Crippen molar-refractivity contribution in [3.63, 3.8) is 0 Å². The molecule has 0 N–H and O–H groups in total. The van der Waals surface area contributed by atoms with Gasteiger partial charge in [-0.2, -0.15) is 0 Å². The first-order chi connectivity index (χ1) is 6.83. The van der Waals surface area contributed by atoms with Crippen molar-refractivity contribution >= 4 is 29.5 Å². The molecule has 2 rings (SSSR count). The number of carbonyl (C=O) groups is 1. The van der Waals surface area contributed by atoms with E-state index in [-0.39, 0.29) is 5.91 Å². The fourth-order valence-electron chi connectivity index (χ4n) is 1.47. The molecule has 0 spiro atoms. The molecule has 0 saturated carbocycles. The van der Waals surface area contributed by atoms with Crippen LogP contribution in [0.3, 0.4) is 0 Å². The van der Waals surface area contributed by atoms with E-state index in [1.165, 1.54) is 0 Å². The molecule has 0 aromatic heterocycles. The van der Waals surface area contributed by atoms with Crippen LogP contribution >= 0.6 is 12.8 Å². The van der Waals surface area contributed by atoms with Gasteiger partial charge in [-0.1, -0.05) is 36.4 Å². The van der Waals surface area contributed by atoms with Crippen molar-refractivity contribution in [2.24, 2.45) is 0 Å². The first-order valence-electron chi connectivity index (χ1n) is 4.20. The van der Waals surface area contributed by atoms with E-state index >= 15 is 0 Å². The maximum absolute atomic E-state index is 11.4. The van der Waals surface area contributed by atoms with Crippen LogP contribution < -0.4 is 4.72 Å². The van der Waals surface area contributed by atoms with E-state index < -0.39 is 0 Å². The van der Waals surface area contributed by atoms with E-state index in [0.717, 1.165) is 10.8 Å². The molecule has 0 aliphatic heterocycles. The molecule has 2 radical (unpaired) electrons. The van der Waals surface area contributed by atoms with Crippen molar-refractivity contribution in [2.75, 3.05) is 0 Å². The Hall–Kier alpha value is -1.32. The molecule has 0 aliphatic rings. The molecule has 0 unspecified atom stereocenters. The highest BCUT2D eigenvalue weighted by molar-refractivity contribution is 7.78. The summed E-state index contributed by atoms with van der Waals surface area (Å²) in [7, 11) is 0. The van der Waals surface area contributed by atoms with Crippen LogP contribution in [0.5, 0.6) is 0 Å². The summed E-state index contributed by atoms with van der Waals surface area (Å²) in [6, 6.07) is 13.3. The highest BCUT2D eigenvalue weighted by Crippen LogP contribution is 2.18. The summed E-state index contributed by atoms with van der Waals surface area (Å²) in [5.74, 6) is -0.301. The first-order valence-corrected chi connectivity index (χ1v) is 4.60. The second-order valence-electron chi connectivity index (χ2n) is 2.93. The van der Waals surface area contributed by atoms with Crippen molar-refractivity contribution in [3.8, 4) is 0 Å². The molecule has 0 heterocycles. The quantitative estimate of drug-likeness (QED) is 0.707. The predicted octanol–water partition coefficient (Wildman–Crippen LogP) is 2.43. The number of fused-ring (bicyclic) bond motifs is 1. The SMILES string of the molecule is O=C([N+]S)c1cccc2ccccc12. The van der Waals surface area contributed by atoms with Crippen molar-refractivity contribution in [3.05, 3.63) is 48.0 Å². The van der Waals surface area contributed by atoms with E-state index in [0.29, 0.717) is 5.56 Å². The molecule has 2 aromatic carbocycles. The lowest BCUT2D eigenvalue weighted by molar-refractivity contribution is 0.0983. The minimum absolute atomic E-state index is 0.301. The highest BCUT2D eigenvalue weighted by Gasteiger charge is 2.20. The third kappa shape index (κ3) is 1.52. The molecule has 0 aliphatic carbocycles. The van der Waals surface area contributed by atoms with Crippen LogP contribution in [0.4, 0.5) is 0 Å². The normalized spacial score (nSPS) is 10.4. The standard InChI is InChI=1S/C11H8NOS/c13-11(12-14)10-7-3-5-8-4-1-2-6-9(8)10/h1-7,14H/q+1. The summed E-state index contributed by atoms with van der Waals surface area (Å²) in [6.45, 7) is 0. The van der Waals surface area contributed by atoms with E-state index in [1.54, 1.807) is 6.07 Å². The molecule has 2 nitrogen and oxygen atoms in total. The number of nitrogens with zero attached hydrogens (tertiary/aromatic N) is 1. The predicted molar refractivity (Wildman–Crippen MR) is 59.4 cm³/mol. The van der Waals surface area contributed by atoms with Gasteiger partial charge in [0.1, 0.15) is 0 Å². The number of thiol groups is 1. The molecule has 0 saturated heterocycles. The Morgan fingerprint density at radius 2 is 1.79 bits per heavy atom. The molecular weight excluding hydrogens is 194 g/mol. The summed E-state index contributed by atoms with van der Waals surface area (Å²) in [6.07, 6.45) is 0. The molecule has 68 valence electrons. The van der Waals surface area contributed by atoms with E-state index in [4.69, 9.17) is 0 Å². The van der Waals surface area contributed by atoms with Gasteiger partial charge in [0.2, 0.25) is 4.72 Å². The van der Waals surface area contributed by atoms with E-state index in [9.17, 15) is 4.79 Å².